The second kappa shape index (κ2) is 43.6. The summed E-state index contributed by atoms with van der Waals surface area (Å²) in [4.78, 5) is 21.0. The molecule has 0 aromatic rings. The number of carbonyl (C=O) groups excluding carboxylic acids is 2. The summed E-state index contributed by atoms with van der Waals surface area (Å²) in [5.74, 6) is -0.830. The number of carbonyl (C=O) groups is 2. The van der Waals surface area contributed by atoms with Crippen molar-refractivity contribution in [1.82, 2.24) is 0 Å². The summed E-state index contributed by atoms with van der Waals surface area (Å²) < 4.78 is 0. The zero-order chi connectivity index (χ0) is 13.0. The Morgan fingerprint density at radius 1 is 0.714 bits per heavy atom. The van der Waals surface area contributed by atoms with Gasteiger partial charge in [-0.05, 0) is 6.42 Å². The zero-order valence-corrected chi connectivity index (χ0v) is 24.5. The van der Waals surface area contributed by atoms with Gasteiger partial charge >= 0.3 is 0 Å². The molecule has 4 radical (unpaired) electrons. The second-order valence-corrected chi connectivity index (χ2v) is 2.38. The topological polar surface area (TPSA) is 138 Å². The molecule has 0 saturated carbocycles. The van der Waals surface area contributed by atoms with Crippen LogP contribution in [0.4, 0.5) is 0 Å². The molecule has 21 heavy (non-hydrogen) atoms. The fraction of sp³-hybridized carbons (Fsp3) is 0.273. The predicted octanol–water partition coefficient (Wildman–Crippen LogP) is -0.799. The number of Topliss-reactive ketones (excluding diaryl/α,β-unsaturated/α-hetero) is 2. The van der Waals surface area contributed by atoms with Gasteiger partial charge in [-0.2, -0.15) is 0 Å². The predicted molar refractivity (Wildman–Crippen MR) is 73.2 cm³/mol. The van der Waals surface area contributed by atoms with Gasteiger partial charge in [-0.3, -0.25) is 14.1 Å². The van der Waals surface area contributed by atoms with Crippen molar-refractivity contribution in [3.63, 3.8) is 0 Å². The Kier molecular flexibility index (Phi) is 117. The van der Waals surface area contributed by atoms with Crippen molar-refractivity contribution >= 4 is 11.6 Å². The van der Waals surface area contributed by atoms with E-state index in [2.05, 4.69) is 39.4 Å². The fourth-order valence-corrected chi connectivity index (χ4v) is 0.536. The Morgan fingerprint density at radius 3 is 0.952 bits per heavy atom. The minimum Gasteiger partial charge on any atom is -0.486 e. The summed E-state index contributed by atoms with van der Waals surface area (Å²) >= 11 is 0. The third-order valence-electron chi connectivity index (χ3n) is 1.33. The number of rotatable bonds is 4. The molecule has 0 rings (SSSR count). The van der Waals surface area contributed by atoms with Crippen LogP contribution in [0.15, 0.2) is 0 Å². The molecule has 0 spiro atoms. The number of nitrogens with two attached hydrogens (primary N) is 4. The first-order chi connectivity index (χ1) is 6.95. The molecule has 0 bridgehead atoms. The van der Waals surface area contributed by atoms with Crippen molar-refractivity contribution in [2.75, 3.05) is 0 Å². The summed E-state index contributed by atoms with van der Waals surface area (Å²) in [7, 11) is 5.50. The summed E-state index contributed by atoms with van der Waals surface area (Å²) in [6, 6.07) is -1.51. The van der Waals surface area contributed by atoms with Crippen LogP contribution >= 0.6 is 0 Å². The number of hydrogen-bond acceptors (Lipinski definition) is 6. The van der Waals surface area contributed by atoms with Gasteiger partial charge in [-0.15, -0.1) is 0 Å². The van der Waals surface area contributed by atoms with E-state index in [9.17, 15) is 9.59 Å². The molecular weight excluding hydrogens is 576 g/mol. The maximum absolute atomic E-state index is 10.5. The van der Waals surface area contributed by atoms with Gasteiger partial charge in [0.05, 0.1) is 0 Å². The van der Waals surface area contributed by atoms with E-state index in [1.165, 1.54) is 0 Å². The van der Waals surface area contributed by atoms with Crippen LogP contribution in [0.2, 0.25) is 0 Å². The smallest absolute Gasteiger partial charge is 0.0360 e. The Bertz CT molecular complexity index is 172. The van der Waals surface area contributed by atoms with E-state index >= 15 is 0 Å². The molecule has 0 aliphatic carbocycles. The van der Waals surface area contributed by atoms with Gasteiger partial charge in [0.2, 0.25) is 0 Å². The minimum atomic E-state index is -0.754. The van der Waals surface area contributed by atoms with E-state index in [4.69, 9.17) is 11.5 Å². The molecule has 10 heteroatoms. The quantitative estimate of drug-likeness (QED) is 0.312. The fourth-order valence-electron chi connectivity index (χ4n) is 0.536. The van der Waals surface area contributed by atoms with Crippen LogP contribution in [0.25, 0.3) is 0 Å². The largest absolute Gasteiger partial charge is 0.486 e. The monoisotopic (exact) mass is 602 g/mol. The second-order valence-electron chi connectivity index (χ2n) is 2.38. The first kappa shape index (κ1) is 56.3. The number of ketones is 2. The molecule has 6 nitrogen and oxygen atoms in total. The molecule has 0 aromatic carbocycles. The van der Waals surface area contributed by atoms with Crippen molar-refractivity contribution in [3.8, 4) is 0 Å². The van der Waals surface area contributed by atoms with E-state index in [1.807, 2.05) is 0 Å². The van der Waals surface area contributed by atoms with Crippen LogP contribution < -0.4 is 22.9 Å². The first-order valence-electron chi connectivity index (χ1n) is 3.99. The van der Waals surface area contributed by atoms with E-state index in [0.717, 1.165) is 0 Å². The molecule has 8 N–H and O–H groups in total. The molecule has 0 aliphatic heterocycles. The molecule has 0 fully saturated rings. The van der Waals surface area contributed by atoms with Gasteiger partial charge in [0, 0.05) is 154 Å². The molecule has 0 aromatic heterocycles. The van der Waals surface area contributed by atoms with Crippen LogP contribution in [0, 0.1) is 42.8 Å². The van der Waals surface area contributed by atoms with Crippen LogP contribution in [0.1, 0.15) is 6.42 Å². The molecule has 2 atom stereocenters. The van der Waals surface area contributed by atoms with Crippen molar-refractivity contribution in [1.29, 1.82) is 0 Å². The van der Waals surface area contributed by atoms with Gasteiger partial charge < -0.3 is 61.2 Å². The van der Waals surface area contributed by atoms with Gasteiger partial charge in [0.1, 0.15) is 0 Å². The van der Waals surface area contributed by atoms with Crippen LogP contribution in [0.5, 0.6) is 0 Å². The molecule has 0 aliphatic rings. The minimum absolute atomic E-state index is 0. The molecular formula is C11H26N4O2Y4-6. The van der Waals surface area contributed by atoms with Gasteiger partial charge in [-0.1, -0.05) is 0 Å². The van der Waals surface area contributed by atoms with Crippen LogP contribution in [0.3, 0.4) is 0 Å². The van der Waals surface area contributed by atoms with Gasteiger partial charge in [0.25, 0.3) is 0 Å². The summed E-state index contributed by atoms with van der Waals surface area (Å²) in [6.07, 6.45) is 0.116. The van der Waals surface area contributed by atoms with Crippen molar-refractivity contribution < 1.29 is 140 Å². The Balaban J connectivity index is -0.0000000189. The number of hydrogen-bond donors (Lipinski definition) is 4. The van der Waals surface area contributed by atoms with E-state index in [-0.39, 0.29) is 152 Å². The average Bonchev–Trinajstić information content (AvgIpc) is 2.23. The summed E-state index contributed by atoms with van der Waals surface area (Å²) in [5, 5.41) is 0. The Labute approximate surface area is 232 Å². The summed E-state index contributed by atoms with van der Waals surface area (Å²) in [5.41, 5.74) is 19.1. The van der Waals surface area contributed by atoms with Crippen LogP contribution in [-0.4, -0.2) is 23.7 Å². The standard InChI is InChI=1S/C7H12N2O2.2CH4N.2CH3.4Y/c1-4(10)6(8)3-7(9)5(2)11;2*1-2;;;;;;/h6-7H,1-3,8-9H2;2*1-2H2;2*1H3;;;;/q-2;4*-1;;;;. The SMILES string of the molecule is [CH2-]C(=O)C(N)CC(N)C([CH2-])=O.[CH2-]N.[CH2-]N.[CH3-].[CH3-].[Y].[Y].[Y].[Y]. The molecule has 0 saturated heterocycles. The summed E-state index contributed by atoms with van der Waals surface area (Å²) in [6.45, 7) is 6.20. The van der Waals surface area contributed by atoms with Crippen molar-refractivity contribution in [3.05, 3.63) is 42.8 Å². The molecule has 120 valence electrons. The van der Waals surface area contributed by atoms with Gasteiger partial charge in [-0.25, -0.2) is 0 Å². The Morgan fingerprint density at radius 2 is 0.857 bits per heavy atom. The Hall–Kier alpha value is 3.34. The van der Waals surface area contributed by atoms with E-state index < -0.39 is 23.7 Å². The van der Waals surface area contributed by atoms with Crippen LogP contribution in [-0.2, 0) is 140 Å². The normalized spacial score (nSPS) is 8.67. The zero-order valence-electron chi connectivity index (χ0n) is 13.1. The van der Waals surface area contributed by atoms with Crippen molar-refractivity contribution in [2.24, 2.45) is 22.9 Å². The van der Waals surface area contributed by atoms with E-state index in [1.54, 1.807) is 0 Å². The average molecular weight is 602 g/mol. The van der Waals surface area contributed by atoms with E-state index in [0.29, 0.717) is 0 Å². The molecule has 0 amide bonds. The maximum Gasteiger partial charge on any atom is 0.0360 e. The molecule has 2 unspecified atom stereocenters. The maximum atomic E-state index is 10.5. The van der Waals surface area contributed by atoms with Crippen molar-refractivity contribution in [2.45, 2.75) is 18.5 Å². The molecule has 0 heterocycles. The third-order valence-corrected chi connectivity index (χ3v) is 1.33. The first-order valence-corrected chi connectivity index (χ1v) is 3.99. The van der Waals surface area contributed by atoms with Gasteiger partial charge in [0.15, 0.2) is 0 Å². The third kappa shape index (κ3) is 45.2.